The predicted octanol–water partition coefficient (Wildman–Crippen LogP) is 1.89. The average molecular weight is 344 g/mol. The summed E-state index contributed by atoms with van der Waals surface area (Å²) in [7, 11) is 0. The van der Waals surface area contributed by atoms with Gasteiger partial charge in [-0.15, -0.1) is 12.4 Å². The summed E-state index contributed by atoms with van der Waals surface area (Å²) in [6, 6.07) is 4.40. The zero-order valence-electron chi connectivity index (χ0n) is 13.3. The van der Waals surface area contributed by atoms with E-state index in [4.69, 9.17) is 4.74 Å². The average Bonchev–Trinajstić information content (AvgIpc) is 2.47. The van der Waals surface area contributed by atoms with Gasteiger partial charge in [-0.1, -0.05) is 0 Å². The topological polar surface area (TPSA) is 84.7 Å². The highest BCUT2D eigenvalue weighted by Crippen LogP contribution is 2.29. The Hall–Kier alpha value is -1.70. The summed E-state index contributed by atoms with van der Waals surface area (Å²) in [4.78, 5) is 25.0. The van der Waals surface area contributed by atoms with Crippen molar-refractivity contribution in [2.45, 2.75) is 20.0 Å². The fourth-order valence-corrected chi connectivity index (χ4v) is 2.35. The Bertz CT molecular complexity index is 560. The van der Waals surface area contributed by atoms with Gasteiger partial charge in [-0.3, -0.25) is 19.8 Å². The number of ketones is 1. The number of nitrogens with zero attached hydrogens (tertiary/aromatic N) is 2. The smallest absolute Gasteiger partial charge is 0.311 e. The van der Waals surface area contributed by atoms with E-state index in [1.165, 1.54) is 12.1 Å². The lowest BCUT2D eigenvalue weighted by atomic mass is 10.1. The molecule has 1 saturated heterocycles. The van der Waals surface area contributed by atoms with Crippen molar-refractivity contribution in [1.82, 2.24) is 10.2 Å². The Labute approximate surface area is 141 Å². The minimum absolute atomic E-state index is 0. The highest BCUT2D eigenvalue weighted by atomic mass is 35.5. The van der Waals surface area contributed by atoms with Gasteiger partial charge in [-0.2, -0.15) is 0 Å². The number of benzene rings is 1. The number of carbonyl (C=O) groups excluding carboxylic acids is 1. The number of carbonyl (C=O) groups is 1. The number of nitrogens with one attached hydrogen (secondary N) is 1. The van der Waals surface area contributed by atoms with Gasteiger partial charge in [0.2, 0.25) is 0 Å². The lowest BCUT2D eigenvalue weighted by molar-refractivity contribution is -0.386. The summed E-state index contributed by atoms with van der Waals surface area (Å²) in [6.45, 7) is 7.21. The maximum absolute atomic E-state index is 12.3. The van der Waals surface area contributed by atoms with E-state index in [-0.39, 0.29) is 42.3 Å². The van der Waals surface area contributed by atoms with Crippen molar-refractivity contribution in [3.05, 3.63) is 33.9 Å². The number of halogens is 1. The van der Waals surface area contributed by atoms with E-state index in [0.717, 1.165) is 26.2 Å². The van der Waals surface area contributed by atoms with E-state index in [9.17, 15) is 14.9 Å². The van der Waals surface area contributed by atoms with Gasteiger partial charge in [0.05, 0.1) is 17.6 Å². The van der Waals surface area contributed by atoms with Gasteiger partial charge in [0, 0.05) is 37.8 Å². The van der Waals surface area contributed by atoms with Crippen molar-refractivity contribution in [2.24, 2.45) is 0 Å². The molecule has 1 heterocycles. The fraction of sp³-hybridized carbons (Fsp3) is 0.533. The Morgan fingerprint density at radius 3 is 2.61 bits per heavy atom. The first-order valence-corrected chi connectivity index (χ1v) is 7.38. The number of nitro benzene ring substituents is 1. The highest BCUT2D eigenvalue weighted by molar-refractivity contribution is 5.98. The zero-order valence-corrected chi connectivity index (χ0v) is 14.1. The Morgan fingerprint density at radius 1 is 1.39 bits per heavy atom. The van der Waals surface area contributed by atoms with Crippen LogP contribution in [0.15, 0.2) is 18.2 Å². The van der Waals surface area contributed by atoms with Crippen LogP contribution >= 0.6 is 12.4 Å². The maximum Gasteiger partial charge on any atom is 0.311 e. The van der Waals surface area contributed by atoms with E-state index in [1.807, 2.05) is 4.90 Å². The second-order valence-electron chi connectivity index (χ2n) is 5.56. The van der Waals surface area contributed by atoms with Crippen molar-refractivity contribution < 1.29 is 14.5 Å². The molecule has 1 aliphatic rings. The number of nitro groups is 1. The molecule has 1 aliphatic heterocycles. The second-order valence-corrected chi connectivity index (χ2v) is 5.56. The van der Waals surface area contributed by atoms with Crippen LogP contribution in [0, 0.1) is 10.1 Å². The van der Waals surface area contributed by atoms with Gasteiger partial charge in [-0.05, 0) is 26.0 Å². The molecular formula is C15H22ClN3O4. The fourth-order valence-electron chi connectivity index (χ4n) is 2.35. The van der Waals surface area contributed by atoms with Gasteiger partial charge in [-0.25, -0.2) is 0 Å². The largest absolute Gasteiger partial charge is 0.484 e. The van der Waals surface area contributed by atoms with E-state index in [1.54, 1.807) is 19.9 Å². The van der Waals surface area contributed by atoms with Gasteiger partial charge >= 0.3 is 5.69 Å². The molecule has 0 saturated carbocycles. The molecule has 1 aromatic rings. The quantitative estimate of drug-likeness (QED) is 0.482. The molecule has 7 nitrogen and oxygen atoms in total. The van der Waals surface area contributed by atoms with E-state index in [2.05, 4.69) is 5.32 Å². The maximum atomic E-state index is 12.3. The summed E-state index contributed by atoms with van der Waals surface area (Å²) in [5.74, 6) is 0.0832. The third-order valence-corrected chi connectivity index (χ3v) is 3.42. The zero-order chi connectivity index (χ0) is 16.1. The first kappa shape index (κ1) is 19.3. The van der Waals surface area contributed by atoms with Gasteiger partial charge in [0.1, 0.15) is 0 Å². The van der Waals surface area contributed by atoms with Crippen LogP contribution < -0.4 is 10.1 Å². The van der Waals surface area contributed by atoms with E-state index in [0.29, 0.717) is 5.56 Å². The van der Waals surface area contributed by atoms with E-state index >= 15 is 0 Å². The van der Waals surface area contributed by atoms with Crippen LogP contribution in [0.25, 0.3) is 0 Å². The van der Waals surface area contributed by atoms with Crippen LogP contribution in [0.3, 0.4) is 0 Å². The van der Waals surface area contributed by atoms with Crippen molar-refractivity contribution in [3.8, 4) is 5.75 Å². The highest BCUT2D eigenvalue weighted by Gasteiger charge is 2.21. The number of piperazine rings is 1. The molecule has 23 heavy (non-hydrogen) atoms. The molecule has 1 aromatic carbocycles. The number of hydrogen-bond donors (Lipinski definition) is 1. The SMILES string of the molecule is CC(C)Oc1ccc(C(=O)CN2CCNCC2)cc1[N+](=O)[O-].Cl. The molecule has 2 rings (SSSR count). The van der Waals surface area contributed by atoms with Gasteiger partial charge in [0.15, 0.2) is 11.5 Å². The van der Waals surface area contributed by atoms with Crippen LogP contribution in [0.1, 0.15) is 24.2 Å². The summed E-state index contributed by atoms with van der Waals surface area (Å²) >= 11 is 0. The van der Waals surface area contributed by atoms with Crippen molar-refractivity contribution in [2.75, 3.05) is 32.7 Å². The minimum atomic E-state index is -0.515. The lowest BCUT2D eigenvalue weighted by Crippen LogP contribution is -2.45. The van der Waals surface area contributed by atoms with Crippen LogP contribution in [0.2, 0.25) is 0 Å². The van der Waals surface area contributed by atoms with E-state index < -0.39 is 4.92 Å². The normalized spacial score (nSPS) is 15.1. The van der Waals surface area contributed by atoms with Crippen LogP contribution in [0.5, 0.6) is 5.75 Å². The predicted molar refractivity (Wildman–Crippen MR) is 89.7 cm³/mol. The van der Waals surface area contributed by atoms with Crippen LogP contribution in [-0.4, -0.2) is 54.4 Å². The molecule has 0 aromatic heterocycles. The number of rotatable bonds is 6. The standard InChI is InChI=1S/C15H21N3O4.ClH/c1-11(2)22-15-4-3-12(9-13(15)18(20)21)14(19)10-17-7-5-16-6-8-17;/h3-4,9,11,16H,5-8,10H2,1-2H3;1H. The molecule has 1 fully saturated rings. The molecule has 128 valence electrons. The molecule has 0 bridgehead atoms. The molecule has 0 radical (unpaired) electrons. The van der Waals surface area contributed by atoms with Crippen molar-refractivity contribution in [1.29, 1.82) is 0 Å². The van der Waals surface area contributed by atoms with Gasteiger partial charge < -0.3 is 10.1 Å². The Balaban J connectivity index is 0.00000264. The first-order chi connectivity index (χ1) is 10.5. The monoisotopic (exact) mass is 343 g/mol. The minimum Gasteiger partial charge on any atom is -0.484 e. The third-order valence-electron chi connectivity index (χ3n) is 3.42. The Kier molecular flexibility index (Phi) is 7.41. The summed E-state index contributed by atoms with van der Waals surface area (Å²) < 4.78 is 5.42. The molecule has 0 atom stereocenters. The van der Waals surface area contributed by atoms with Crippen LogP contribution in [0.4, 0.5) is 5.69 Å². The molecular weight excluding hydrogens is 322 g/mol. The molecule has 0 unspecified atom stereocenters. The number of hydrogen-bond acceptors (Lipinski definition) is 6. The number of Topliss-reactive ketones (excluding diaryl/α,β-unsaturated/α-hetero) is 1. The summed E-state index contributed by atoms with van der Waals surface area (Å²) in [5, 5.41) is 14.4. The Morgan fingerprint density at radius 2 is 2.04 bits per heavy atom. The lowest BCUT2D eigenvalue weighted by Gasteiger charge is -2.26. The number of ether oxygens (including phenoxy) is 1. The van der Waals surface area contributed by atoms with Crippen molar-refractivity contribution in [3.63, 3.8) is 0 Å². The molecule has 8 heteroatoms. The first-order valence-electron chi connectivity index (χ1n) is 7.38. The second kappa shape index (κ2) is 8.81. The van der Waals surface area contributed by atoms with Crippen molar-refractivity contribution >= 4 is 23.9 Å². The summed E-state index contributed by atoms with van der Waals surface area (Å²) in [5.41, 5.74) is 0.182. The third kappa shape index (κ3) is 5.46. The summed E-state index contributed by atoms with van der Waals surface area (Å²) in [6.07, 6.45) is -0.166. The molecule has 0 spiro atoms. The molecule has 0 amide bonds. The van der Waals surface area contributed by atoms with Gasteiger partial charge in [0.25, 0.3) is 0 Å². The molecule has 0 aliphatic carbocycles. The van der Waals surface area contributed by atoms with Crippen LogP contribution in [-0.2, 0) is 0 Å². The molecule has 1 N–H and O–H groups in total.